The van der Waals surface area contributed by atoms with Crippen molar-refractivity contribution in [2.45, 2.75) is 33.8 Å². The number of rotatable bonds is 7. The summed E-state index contributed by atoms with van der Waals surface area (Å²) in [6, 6.07) is 14.1. The van der Waals surface area contributed by atoms with Crippen molar-refractivity contribution in [1.82, 2.24) is 0 Å². The number of aryl methyl sites for hydroxylation is 1. The number of hydrogen-bond donors (Lipinski definition) is 1. The normalized spacial score (nSPS) is 11.7. The van der Waals surface area contributed by atoms with Gasteiger partial charge >= 0.3 is 5.97 Å². The highest BCUT2D eigenvalue weighted by molar-refractivity contribution is 5.97. The van der Waals surface area contributed by atoms with Crippen LogP contribution in [0.25, 0.3) is 0 Å². The molecule has 5 heteroatoms. The molecule has 2 aromatic rings. The molecule has 26 heavy (non-hydrogen) atoms. The topological polar surface area (TPSA) is 64.6 Å². The molecular formula is C21H25NO4. The summed E-state index contributed by atoms with van der Waals surface area (Å²) < 4.78 is 10.8. The van der Waals surface area contributed by atoms with Gasteiger partial charge in [-0.05, 0) is 55.7 Å². The van der Waals surface area contributed by atoms with Crippen molar-refractivity contribution in [2.75, 3.05) is 11.9 Å². The highest BCUT2D eigenvalue weighted by Gasteiger charge is 2.19. The maximum atomic E-state index is 12.2. The van der Waals surface area contributed by atoms with E-state index in [1.165, 1.54) is 0 Å². The van der Waals surface area contributed by atoms with Crippen molar-refractivity contribution >= 4 is 17.6 Å². The van der Waals surface area contributed by atoms with E-state index in [1.54, 1.807) is 37.3 Å². The molecule has 0 unspecified atom stereocenters. The first-order chi connectivity index (χ1) is 12.4. The number of para-hydroxylation sites is 1. The van der Waals surface area contributed by atoms with Gasteiger partial charge in [-0.1, -0.05) is 32.0 Å². The molecule has 5 nitrogen and oxygen atoms in total. The maximum absolute atomic E-state index is 12.2. The van der Waals surface area contributed by atoms with Gasteiger partial charge < -0.3 is 14.8 Å². The molecule has 0 spiro atoms. The van der Waals surface area contributed by atoms with Gasteiger partial charge in [-0.25, -0.2) is 4.79 Å². The summed E-state index contributed by atoms with van der Waals surface area (Å²) in [4.78, 5) is 24.4. The summed E-state index contributed by atoms with van der Waals surface area (Å²) >= 11 is 0. The van der Waals surface area contributed by atoms with Crippen molar-refractivity contribution in [3.05, 3.63) is 59.7 Å². The van der Waals surface area contributed by atoms with Gasteiger partial charge in [0.25, 0.3) is 5.91 Å². The lowest BCUT2D eigenvalue weighted by molar-refractivity contribution is -0.123. The monoisotopic (exact) mass is 355 g/mol. The van der Waals surface area contributed by atoms with Gasteiger partial charge in [-0.2, -0.15) is 0 Å². The molecule has 0 fully saturated rings. The van der Waals surface area contributed by atoms with E-state index in [9.17, 15) is 9.59 Å². The number of amides is 1. The van der Waals surface area contributed by atoms with E-state index < -0.39 is 12.1 Å². The Morgan fingerprint density at radius 3 is 2.27 bits per heavy atom. The van der Waals surface area contributed by atoms with Crippen molar-refractivity contribution in [1.29, 1.82) is 0 Å². The third-order valence-electron chi connectivity index (χ3n) is 3.73. The highest BCUT2D eigenvalue weighted by atomic mass is 16.5. The molecule has 1 amide bonds. The molecular weight excluding hydrogens is 330 g/mol. The van der Waals surface area contributed by atoms with Crippen LogP contribution in [0.3, 0.4) is 0 Å². The third kappa shape index (κ3) is 5.62. The number of ether oxygens (including phenoxy) is 2. The summed E-state index contributed by atoms with van der Waals surface area (Å²) in [5.41, 5.74) is 2.01. The zero-order valence-corrected chi connectivity index (χ0v) is 15.6. The maximum Gasteiger partial charge on any atom is 0.338 e. The predicted octanol–water partition coefficient (Wildman–Crippen LogP) is 4.21. The first-order valence-electron chi connectivity index (χ1n) is 8.67. The SMILES string of the molecule is Cc1ccccc1NC(=O)[C@H](C)OC(=O)c1ccc(OCC(C)C)cc1. The summed E-state index contributed by atoms with van der Waals surface area (Å²) in [7, 11) is 0. The second-order valence-corrected chi connectivity index (χ2v) is 6.58. The van der Waals surface area contributed by atoms with Crippen LogP contribution in [0.1, 0.15) is 36.7 Å². The van der Waals surface area contributed by atoms with E-state index in [0.717, 1.165) is 5.56 Å². The number of anilines is 1. The molecule has 0 aliphatic rings. The van der Waals surface area contributed by atoms with E-state index in [2.05, 4.69) is 19.2 Å². The van der Waals surface area contributed by atoms with E-state index in [-0.39, 0.29) is 5.91 Å². The molecule has 2 aromatic carbocycles. The van der Waals surface area contributed by atoms with E-state index in [1.807, 2.05) is 25.1 Å². The van der Waals surface area contributed by atoms with Crippen LogP contribution < -0.4 is 10.1 Å². The molecule has 1 atom stereocenters. The van der Waals surface area contributed by atoms with Gasteiger partial charge in [0, 0.05) is 5.69 Å². The second kappa shape index (κ2) is 9.04. The molecule has 0 heterocycles. The number of carbonyl (C=O) groups is 2. The van der Waals surface area contributed by atoms with E-state index >= 15 is 0 Å². The lowest BCUT2D eigenvalue weighted by Crippen LogP contribution is -2.30. The van der Waals surface area contributed by atoms with Crippen molar-refractivity contribution < 1.29 is 19.1 Å². The van der Waals surface area contributed by atoms with Gasteiger partial charge in [-0.3, -0.25) is 4.79 Å². The summed E-state index contributed by atoms with van der Waals surface area (Å²) in [6.07, 6.45) is -0.904. The molecule has 2 rings (SSSR count). The number of benzene rings is 2. The molecule has 0 aliphatic heterocycles. The third-order valence-corrected chi connectivity index (χ3v) is 3.73. The van der Waals surface area contributed by atoms with Crippen LogP contribution in [-0.2, 0) is 9.53 Å². The van der Waals surface area contributed by atoms with Crippen LogP contribution in [0, 0.1) is 12.8 Å². The first kappa shape index (κ1) is 19.5. The number of carbonyl (C=O) groups excluding carboxylic acids is 2. The quantitative estimate of drug-likeness (QED) is 0.756. The Labute approximate surface area is 154 Å². The van der Waals surface area contributed by atoms with Gasteiger partial charge in [0.05, 0.1) is 12.2 Å². The summed E-state index contributed by atoms with van der Waals surface area (Å²) in [5, 5.41) is 2.77. The average molecular weight is 355 g/mol. The van der Waals surface area contributed by atoms with Gasteiger partial charge in [-0.15, -0.1) is 0 Å². The Bertz CT molecular complexity index is 753. The molecule has 138 valence electrons. The van der Waals surface area contributed by atoms with Crippen LogP contribution in [0.5, 0.6) is 5.75 Å². The molecule has 0 aromatic heterocycles. The fourth-order valence-electron chi connectivity index (χ4n) is 2.18. The Hall–Kier alpha value is -2.82. The zero-order chi connectivity index (χ0) is 19.1. The lowest BCUT2D eigenvalue weighted by atomic mass is 10.2. The minimum Gasteiger partial charge on any atom is -0.493 e. The van der Waals surface area contributed by atoms with Crippen LogP contribution in [0.15, 0.2) is 48.5 Å². The second-order valence-electron chi connectivity index (χ2n) is 6.58. The lowest BCUT2D eigenvalue weighted by Gasteiger charge is -2.15. The molecule has 0 bridgehead atoms. The van der Waals surface area contributed by atoms with E-state index in [0.29, 0.717) is 29.5 Å². The Kier molecular flexibility index (Phi) is 6.78. The van der Waals surface area contributed by atoms with Crippen LogP contribution in [-0.4, -0.2) is 24.6 Å². The van der Waals surface area contributed by atoms with Crippen molar-refractivity contribution in [2.24, 2.45) is 5.92 Å². The van der Waals surface area contributed by atoms with Crippen molar-refractivity contribution in [3.63, 3.8) is 0 Å². The Balaban J connectivity index is 1.91. The van der Waals surface area contributed by atoms with Crippen LogP contribution >= 0.6 is 0 Å². The summed E-state index contributed by atoms with van der Waals surface area (Å²) in [6.45, 7) is 8.19. The molecule has 0 saturated carbocycles. The first-order valence-corrected chi connectivity index (χ1v) is 8.67. The number of esters is 1. The molecule has 0 saturated heterocycles. The van der Waals surface area contributed by atoms with Crippen molar-refractivity contribution in [3.8, 4) is 5.75 Å². The zero-order valence-electron chi connectivity index (χ0n) is 15.6. The number of hydrogen-bond acceptors (Lipinski definition) is 4. The largest absolute Gasteiger partial charge is 0.493 e. The van der Waals surface area contributed by atoms with Crippen LogP contribution in [0.2, 0.25) is 0 Å². The molecule has 0 radical (unpaired) electrons. The van der Waals surface area contributed by atoms with Gasteiger partial charge in [0.1, 0.15) is 5.75 Å². The fraction of sp³-hybridized carbons (Fsp3) is 0.333. The number of nitrogens with one attached hydrogen (secondary N) is 1. The minimum atomic E-state index is -0.904. The van der Waals surface area contributed by atoms with E-state index in [4.69, 9.17) is 9.47 Å². The summed E-state index contributed by atoms with van der Waals surface area (Å²) in [5.74, 6) is 0.199. The fourth-order valence-corrected chi connectivity index (χ4v) is 2.18. The standard InChI is InChI=1S/C21H25NO4/c1-14(2)13-25-18-11-9-17(10-12-18)21(24)26-16(4)20(23)22-19-8-6-5-7-15(19)3/h5-12,14,16H,13H2,1-4H3,(H,22,23)/t16-/m0/s1. The highest BCUT2D eigenvalue weighted by Crippen LogP contribution is 2.16. The smallest absolute Gasteiger partial charge is 0.338 e. The molecule has 0 aliphatic carbocycles. The minimum absolute atomic E-state index is 0.371. The Morgan fingerprint density at radius 2 is 1.65 bits per heavy atom. The van der Waals surface area contributed by atoms with Gasteiger partial charge in [0.15, 0.2) is 6.10 Å². The molecule has 1 N–H and O–H groups in total. The Morgan fingerprint density at radius 1 is 1.00 bits per heavy atom. The average Bonchev–Trinajstić information content (AvgIpc) is 2.62. The van der Waals surface area contributed by atoms with Crippen LogP contribution in [0.4, 0.5) is 5.69 Å². The van der Waals surface area contributed by atoms with Gasteiger partial charge in [0.2, 0.25) is 0 Å². The predicted molar refractivity (Wildman–Crippen MR) is 101 cm³/mol.